The standard InChI is InChI=1S/C15H27N3O3/c1-4-8-21-14-12-13(2)17-15(18-14)16-7-5-6-9-20-11-10-19-3/h12H,4-11H2,1-3H3,(H,16,17,18). The van der Waals surface area contributed by atoms with Crippen LogP contribution in [0, 0.1) is 6.92 Å². The number of ether oxygens (including phenoxy) is 3. The Morgan fingerprint density at radius 3 is 2.71 bits per heavy atom. The molecule has 0 aliphatic carbocycles. The van der Waals surface area contributed by atoms with Gasteiger partial charge in [-0.25, -0.2) is 4.98 Å². The van der Waals surface area contributed by atoms with E-state index >= 15 is 0 Å². The maximum atomic E-state index is 5.54. The van der Waals surface area contributed by atoms with Gasteiger partial charge in [0, 0.05) is 32.0 Å². The topological polar surface area (TPSA) is 65.5 Å². The Morgan fingerprint density at radius 2 is 1.95 bits per heavy atom. The van der Waals surface area contributed by atoms with Crippen molar-refractivity contribution in [1.29, 1.82) is 0 Å². The number of rotatable bonds is 12. The van der Waals surface area contributed by atoms with Crippen molar-refractivity contribution in [3.63, 3.8) is 0 Å². The van der Waals surface area contributed by atoms with Crippen molar-refractivity contribution in [3.05, 3.63) is 11.8 Å². The number of aromatic nitrogens is 2. The predicted molar refractivity (Wildman–Crippen MR) is 83.0 cm³/mol. The lowest BCUT2D eigenvalue weighted by atomic mass is 10.3. The summed E-state index contributed by atoms with van der Waals surface area (Å²) in [6.07, 6.45) is 2.98. The molecule has 0 radical (unpaired) electrons. The molecule has 0 fully saturated rings. The smallest absolute Gasteiger partial charge is 0.226 e. The van der Waals surface area contributed by atoms with Crippen LogP contribution >= 0.6 is 0 Å². The fraction of sp³-hybridized carbons (Fsp3) is 0.733. The van der Waals surface area contributed by atoms with Crippen LogP contribution in [0.1, 0.15) is 31.9 Å². The third-order valence-corrected chi connectivity index (χ3v) is 2.72. The van der Waals surface area contributed by atoms with Gasteiger partial charge in [0.15, 0.2) is 0 Å². The Hall–Kier alpha value is -1.40. The number of nitrogens with zero attached hydrogens (tertiary/aromatic N) is 2. The van der Waals surface area contributed by atoms with Gasteiger partial charge in [-0.3, -0.25) is 0 Å². The van der Waals surface area contributed by atoms with Gasteiger partial charge in [-0.05, 0) is 26.2 Å². The molecule has 0 unspecified atom stereocenters. The lowest BCUT2D eigenvalue weighted by molar-refractivity contribution is 0.0691. The molecular formula is C15H27N3O3. The molecule has 1 N–H and O–H groups in total. The third kappa shape index (κ3) is 8.47. The molecule has 1 rings (SSSR count). The van der Waals surface area contributed by atoms with Crippen LogP contribution in [0.2, 0.25) is 0 Å². The zero-order valence-electron chi connectivity index (χ0n) is 13.4. The predicted octanol–water partition coefficient (Wildman–Crippen LogP) is 2.43. The first-order valence-corrected chi connectivity index (χ1v) is 7.55. The van der Waals surface area contributed by atoms with Gasteiger partial charge in [0.2, 0.25) is 11.8 Å². The molecule has 0 amide bonds. The number of hydrogen-bond acceptors (Lipinski definition) is 6. The molecule has 1 aromatic rings. The maximum absolute atomic E-state index is 5.54. The van der Waals surface area contributed by atoms with Crippen molar-refractivity contribution >= 4 is 5.95 Å². The third-order valence-electron chi connectivity index (χ3n) is 2.72. The molecule has 120 valence electrons. The van der Waals surface area contributed by atoms with E-state index in [1.54, 1.807) is 7.11 Å². The summed E-state index contributed by atoms with van der Waals surface area (Å²) in [4.78, 5) is 8.69. The highest BCUT2D eigenvalue weighted by atomic mass is 16.5. The summed E-state index contributed by atoms with van der Waals surface area (Å²) in [7, 11) is 1.67. The molecule has 6 nitrogen and oxygen atoms in total. The van der Waals surface area contributed by atoms with Gasteiger partial charge >= 0.3 is 0 Å². The zero-order valence-corrected chi connectivity index (χ0v) is 13.4. The number of nitrogens with one attached hydrogen (secondary N) is 1. The largest absolute Gasteiger partial charge is 0.478 e. The molecule has 0 atom stereocenters. The average molecular weight is 297 g/mol. The van der Waals surface area contributed by atoms with Gasteiger partial charge in [-0.2, -0.15) is 4.98 Å². The monoisotopic (exact) mass is 297 g/mol. The number of aryl methyl sites for hydroxylation is 1. The summed E-state index contributed by atoms with van der Waals surface area (Å²) in [6.45, 7) is 7.57. The molecule has 0 aliphatic heterocycles. The summed E-state index contributed by atoms with van der Waals surface area (Å²) in [5, 5.41) is 3.22. The zero-order chi connectivity index (χ0) is 15.3. The Bertz CT molecular complexity index is 388. The van der Waals surface area contributed by atoms with Crippen molar-refractivity contribution in [2.75, 3.05) is 45.4 Å². The molecule has 21 heavy (non-hydrogen) atoms. The van der Waals surface area contributed by atoms with Crippen molar-refractivity contribution in [2.45, 2.75) is 33.1 Å². The minimum Gasteiger partial charge on any atom is -0.478 e. The molecule has 0 saturated carbocycles. The van der Waals surface area contributed by atoms with Crippen LogP contribution in [0.25, 0.3) is 0 Å². The number of anilines is 1. The van der Waals surface area contributed by atoms with Crippen LogP contribution in [-0.4, -0.2) is 50.1 Å². The SMILES string of the molecule is CCCOc1cc(C)nc(NCCCCOCCOC)n1. The summed E-state index contributed by atoms with van der Waals surface area (Å²) >= 11 is 0. The van der Waals surface area contributed by atoms with Crippen molar-refractivity contribution in [3.8, 4) is 5.88 Å². The van der Waals surface area contributed by atoms with Crippen LogP contribution in [0.5, 0.6) is 5.88 Å². The van der Waals surface area contributed by atoms with E-state index in [4.69, 9.17) is 14.2 Å². The van der Waals surface area contributed by atoms with E-state index in [0.717, 1.165) is 38.1 Å². The van der Waals surface area contributed by atoms with Crippen LogP contribution in [0.3, 0.4) is 0 Å². The van der Waals surface area contributed by atoms with Crippen LogP contribution < -0.4 is 10.1 Å². The normalized spacial score (nSPS) is 10.6. The first-order chi connectivity index (χ1) is 10.3. The first-order valence-electron chi connectivity index (χ1n) is 7.55. The van der Waals surface area contributed by atoms with E-state index in [9.17, 15) is 0 Å². The minimum absolute atomic E-state index is 0.626. The lowest BCUT2D eigenvalue weighted by Gasteiger charge is -2.09. The molecule has 6 heteroatoms. The second kappa shape index (κ2) is 11.3. The van der Waals surface area contributed by atoms with Crippen molar-refractivity contribution < 1.29 is 14.2 Å². The molecule has 0 bridgehead atoms. The number of unbranched alkanes of at least 4 members (excludes halogenated alkanes) is 1. The Labute approximate surface area is 127 Å². The quantitative estimate of drug-likeness (QED) is 0.598. The van der Waals surface area contributed by atoms with Gasteiger partial charge in [0.05, 0.1) is 19.8 Å². The Morgan fingerprint density at radius 1 is 1.10 bits per heavy atom. The second-order valence-corrected chi connectivity index (χ2v) is 4.76. The minimum atomic E-state index is 0.626. The highest BCUT2D eigenvalue weighted by molar-refractivity contribution is 5.30. The Balaban J connectivity index is 2.20. The highest BCUT2D eigenvalue weighted by Crippen LogP contribution is 2.12. The van der Waals surface area contributed by atoms with Crippen LogP contribution in [0.4, 0.5) is 5.95 Å². The molecule has 0 aliphatic rings. The maximum Gasteiger partial charge on any atom is 0.226 e. The molecule has 0 saturated heterocycles. The van der Waals surface area contributed by atoms with E-state index in [2.05, 4.69) is 22.2 Å². The van der Waals surface area contributed by atoms with Gasteiger partial charge in [0.1, 0.15) is 0 Å². The molecule has 1 heterocycles. The fourth-order valence-corrected chi connectivity index (χ4v) is 1.67. The van der Waals surface area contributed by atoms with E-state index in [1.165, 1.54) is 0 Å². The molecule has 1 aromatic heterocycles. The molecular weight excluding hydrogens is 270 g/mol. The van der Waals surface area contributed by atoms with E-state index in [1.807, 2.05) is 13.0 Å². The lowest BCUT2D eigenvalue weighted by Crippen LogP contribution is -2.09. The summed E-state index contributed by atoms with van der Waals surface area (Å²) in [5.41, 5.74) is 0.904. The fourth-order valence-electron chi connectivity index (χ4n) is 1.67. The van der Waals surface area contributed by atoms with Crippen molar-refractivity contribution in [1.82, 2.24) is 9.97 Å². The van der Waals surface area contributed by atoms with E-state index in [-0.39, 0.29) is 0 Å². The number of methoxy groups -OCH3 is 1. The van der Waals surface area contributed by atoms with Gasteiger partial charge in [-0.15, -0.1) is 0 Å². The second-order valence-electron chi connectivity index (χ2n) is 4.76. The Kier molecular flexibility index (Phi) is 9.48. The van der Waals surface area contributed by atoms with Crippen LogP contribution in [0.15, 0.2) is 6.07 Å². The molecule has 0 spiro atoms. The summed E-state index contributed by atoms with van der Waals surface area (Å²) in [6, 6.07) is 1.85. The summed E-state index contributed by atoms with van der Waals surface area (Å²) < 4.78 is 15.9. The van der Waals surface area contributed by atoms with Gasteiger partial charge < -0.3 is 19.5 Å². The highest BCUT2D eigenvalue weighted by Gasteiger charge is 2.02. The van der Waals surface area contributed by atoms with Gasteiger partial charge in [-0.1, -0.05) is 6.92 Å². The van der Waals surface area contributed by atoms with Crippen molar-refractivity contribution in [2.24, 2.45) is 0 Å². The molecule has 0 aromatic carbocycles. The number of hydrogen-bond donors (Lipinski definition) is 1. The van der Waals surface area contributed by atoms with Crippen LogP contribution in [-0.2, 0) is 9.47 Å². The van der Waals surface area contributed by atoms with E-state index in [0.29, 0.717) is 31.6 Å². The van der Waals surface area contributed by atoms with Gasteiger partial charge in [0.25, 0.3) is 0 Å². The average Bonchev–Trinajstić information content (AvgIpc) is 2.47. The van der Waals surface area contributed by atoms with E-state index < -0.39 is 0 Å². The first kappa shape index (κ1) is 17.7. The summed E-state index contributed by atoms with van der Waals surface area (Å²) in [5.74, 6) is 1.26.